The van der Waals surface area contributed by atoms with Crippen LogP contribution < -0.4 is 11.5 Å². The molecule has 0 aliphatic carbocycles. The third kappa shape index (κ3) is 21.1. The van der Waals surface area contributed by atoms with Crippen molar-refractivity contribution in [1.29, 1.82) is 0 Å². The van der Waals surface area contributed by atoms with Crippen LogP contribution in [0.15, 0.2) is 24.3 Å². The average Bonchev–Trinajstić information content (AvgIpc) is 3.50. The number of nitrogens with zero attached hydrogens (tertiary/aromatic N) is 1. The van der Waals surface area contributed by atoms with Crippen LogP contribution in [0.4, 0.5) is 35.9 Å². The Morgan fingerprint density at radius 3 is 1.44 bits per heavy atom. The molecular formula is C35H47F6N3O9S. The van der Waals surface area contributed by atoms with Gasteiger partial charge in [-0.15, -0.1) is 11.8 Å². The lowest BCUT2D eigenvalue weighted by atomic mass is 10.1. The number of carbonyl (C=O) groups is 5. The fraction of sp³-hybridized carbons (Fsp3) is 0.514. The Bertz CT molecular complexity index is 1560. The van der Waals surface area contributed by atoms with Gasteiger partial charge in [0.15, 0.2) is 28.6 Å². The standard InChI is InChI=1S/C15H16F3NO3S.C10H9F3O2.2C5H11NO2/c1-22-15(21)14-19(5-6-23-14)13(20)4-2-3-9-7-11(17)12(18)8-10(9)16;11-7-5-9(13)8(12)4-6(7)2-1-3-10(14)15;2*1-5(2,3)8-4(6)7/h7-8,14H,2-6H2,1H3;4-5H,1-3H2,(H,14,15);2*1-3H3,(H2,6,7). The lowest BCUT2D eigenvalue weighted by Crippen LogP contribution is -2.39. The first-order valence-electron chi connectivity index (χ1n) is 16.2. The molecule has 0 radical (unpaired) electrons. The summed E-state index contributed by atoms with van der Waals surface area (Å²) in [6.45, 7) is 11.0. The van der Waals surface area contributed by atoms with Crippen molar-refractivity contribution in [1.82, 2.24) is 4.90 Å². The van der Waals surface area contributed by atoms with Gasteiger partial charge in [-0.1, -0.05) is 0 Å². The van der Waals surface area contributed by atoms with Gasteiger partial charge in [-0.2, -0.15) is 0 Å². The first kappa shape index (κ1) is 49.3. The molecule has 304 valence electrons. The SMILES string of the molecule is CC(C)(C)OC(N)=O.CC(C)(C)OC(N)=O.COC(=O)C1SCCN1C(=O)CCCc1cc(F)c(F)cc1F.O=C(O)CCCc1cc(F)c(F)cc1F. The minimum atomic E-state index is -1.24. The molecule has 0 aromatic heterocycles. The molecule has 19 heteroatoms. The Labute approximate surface area is 313 Å². The maximum atomic E-state index is 13.5. The van der Waals surface area contributed by atoms with Crippen molar-refractivity contribution in [3.05, 3.63) is 70.3 Å². The molecule has 3 amide bonds. The van der Waals surface area contributed by atoms with E-state index in [0.29, 0.717) is 24.4 Å². The highest BCUT2D eigenvalue weighted by molar-refractivity contribution is 8.00. The summed E-state index contributed by atoms with van der Waals surface area (Å²) in [5.74, 6) is -7.48. The summed E-state index contributed by atoms with van der Waals surface area (Å²) in [6.07, 6.45) is -0.832. The lowest BCUT2D eigenvalue weighted by Gasteiger charge is -2.21. The summed E-state index contributed by atoms with van der Waals surface area (Å²) in [4.78, 5) is 55.4. The van der Waals surface area contributed by atoms with Crippen molar-refractivity contribution in [2.75, 3.05) is 19.4 Å². The molecule has 5 N–H and O–H groups in total. The van der Waals surface area contributed by atoms with Gasteiger partial charge in [-0.05, 0) is 90.5 Å². The van der Waals surface area contributed by atoms with Gasteiger partial charge in [-0.25, -0.2) is 40.7 Å². The van der Waals surface area contributed by atoms with E-state index in [0.717, 1.165) is 12.1 Å². The summed E-state index contributed by atoms with van der Waals surface area (Å²) in [6, 6.07) is 2.52. The second-order valence-electron chi connectivity index (χ2n) is 13.2. The summed E-state index contributed by atoms with van der Waals surface area (Å²) < 4.78 is 91.4. The normalized spacial score (nSPS) is 13.5. The highest BCUT2D eigenvalue weighted by Crippen LogP contribution is 2.26. The lowest BCUT2D eigenvalue weighted by molar-refractivity contribution is -0.148. The molecule has 0 bridgehead atoms. The number of aryl methyl sites for hydroxylation is 2. The molecule has 1 saturated heterocycles. The Morgan fingerprint density at radius 1 is 0.722 bits per heavy atom. The van der Waals surface area contributed by atoms with E-state index in [1.165, 1.54) is 23.8 Å². The van der Waals surface area contributed by atoms with Crippen molar-refractivity contribution in [3.8, 4) is 0 Å². The minimum Gasteiger partial charge on any atom is -0.481 e. The van der Waals surface area contributed by atoms with E-state index in [-0.39, 0.29) is 55.6 Å². The summed E-state index contributed by atoms with van der Waals surface area (Å²) >= 11 is 1.33. The number of carboxylic acids is 1. The molecule has 1 unspecified atom stereocenters. The predicted molar refractivity (Wildman–Crippen MR) is 187 cm³/mol. The van der Waals surface area contributed by atoms with Crippen molar-refractivity contribution in [3.63, 3.8) is 0 Å². The Hall–Kier alpha value is -4.68. The van der Waals surface area contributed by atoms with Gasteiger partial charge in [0.1, 0.15) is 22.8 Å². The van der Waals surface area contributed by atoms with Crippen molar-refractivity contribution < 1.29 is 69.6 Å². The van der Waals surface area contributed by atoms with Crippen molar-refractivity contribution >= 4 is 41.8 Å². The smallest absolute Gasteiger partial charge is 0.405 e. The first-order valence-corrected chi connectivity index (χ1v) is 17.3. The molecule has 54 heavy (non-hydrogen) atoms. The zero-order valence-corrected chi connectivity index (χ0v) is 31.9. The van der Waals surface area contributed by atoms with Gasteiger partial charge in [0.25, 0.3) is 0 Å². The number of methoxy groups -OCH3 is 1. The molecule has 1 aliphatic heterocycles. The molecule has 12 nitrogen and oxygen atoms in total. The van der Waals surface area contributed by atoms with Crippen LogP contribution in [0.1, 0.15) is 78.4 Å². The molecule has 1 fully saturated rings. The van der Waals surface area contributed by atoms with Crippen molar-refractivity contribution in [2.45, 2.75) is 96.6 Å². The topological polar surface area (TPSA) is 189 Å². The number of amides is 3. The van der Waals surface area contributed by atoms with Crippen LogP contribution in [0.25, 0.3) is 0 Å². The summed E-state index contributed by atoms with van der Waals surface area (Å²) in [5.41, 5.74) is 8.55. The molecule has 1 atom stereocenters. The molecule has 0 saturated carbocycles. The second kappa shape index (κ2) is 23.2. The number of rotatable bonds is 9. The van der Waals surface area contributed by atoms with Crippen LogP contribution in [-0.2, 0) is 41.4 Å². The van der Waals surface area contributed by atoms with E-state index in [1.54, 1.807) is 41.5 Å². The number of benzene rings is 2. The molecule has 2 aromatic carbocycles. The number of carboxylic acid groups (broad SMARTS) is 1. The second-order valence-corrected chi connectivity index (χ2v) is 14.4. The number of thioether (sulfide) groups is 1. The number of hydrogen-bond donors (Lipinski definition) is 3. The van der Waals surface area contributed by atoms with Crippen molar-refractivity contribution in [2.24, 2.45) is 11.5 Å². The minimum absolute atomic E-state index is 0.00449. The fourth-order valence-corrected chi connectivity index (χ4v) is 5.30. The number of halogens is 6. The number of primary amides is 2. The molecule has 2 aromatic rings. The van der Waals surface area contributed by atoms with Crippen LogP contribution in [0.3, 0.4) is 0 Å². The number of nitrogens with two attached hydrogens (primary N) is 2. The Kier molecular flexibility index (Phi) is 21.2. The maximum Gasteiger partial charge on any atom is 0.405 e. The third-order valence-electron chi connectivity index (χ3n) is 6.28. The number of ether oxygens (including phenoxy) is 3. The number of hydrogen-bond acceptors (Lipinski definition) is 9. The number of aliphatic carboxylic acids is 1. The molecule has 1 aliphatic rings. The predicted octanol–water partition coefficient (Wildman–Crippen LogP) is 6.77. The van der Waals surface area contributed by atoms with Gasteiger partial charge in [0, 0.05) is 37.3 Å². The van der Waals surface area contributed by atoms with E-state index in [9.17, 15) is 50.3 Å². The van der Waals surface area contributed by atoms with Gasteiger partial charge >= 0.3 is 24.1 Å². The molecule has 3 rings (SSSR count). The molecular weight excluding hydrogens is 752 g/mol. The van der Waals surface area contributed by atoms with Crippen LogP contribution >= 0.6 is 11.8 Å². The van der Waals surface area contributed by atoms with E-state index in [4.69, 9.17) is 16.6 Å². The summed E-state index contributed by atoms with van der Waals surface area (Å²) in [7, 11) is 1.26. The van der Waals surface area contributed by atoms with Crippen LogP contribution in [0.2, 0.25) is 0 Å². The van der Waals surface area contributed by atoms with E-state index < -0.39 is 75.6 Å². The van der Waals surface area contributed by atoms with Gasteiger partial charge in [-0.3, -0.25) is 9.59 Å². The van der Waals surface area contributed by atoms with Crippen LogP contribution in [0, 0.1) is 34.9 Å². The van der Waals surface area contributed by atoms with Crippen LogP contribution in [0.5, 0.6) is 0 Å². The Morgan fingerprint density at radius 2 is 1.11 bits per heavy atom. The highest BCUT2D eigenvalue weighted by Gasteiger charge is 2.35. The van der Waals surface area contributed by atoms with Gasteiger partial charge in [0.2, 0.25) is 5.91 Å². The van der Waals surface area contributed by atoms with E-state index in [1.807, 2.05) is 0 Å². The Balaban J connectivity index is 0.000000775. The molecule has 1 heterocycles. The quantitative estimate of drug-likeness (QED) is 0.106. The van der Waals surface area contributed by atoms with Gasteiger partial charge < -0.3 is 35.7 Å². The number of esters is 1. The van der Waals surface area contributed by atoms with E-state index >= 15 is 0 Å². The van der Waals surface area contributed by atoms with Crippen LogP contribution in [-0.4, -0.2) is 76.0 Å². The average molecular weight is 800 g/mol. The summed E-state index contributed by atoms with van der Waals surface area (Å²) in [5, 5.41) is 7.69. The number of carbonyl (C=O) groups excluding carboxylic acids is 4. The zero-order chi connectivity index (χ0) is 42.0. The molecule has 0 spiro atoms. The van der Waals surface area contributed by atoms with Gasteiger partial charge in [0.05, 0.1) is 7.11 Å². The van der Waals surface area contributed by atoms with E-state index in [2.05, 4.69) is 14.2 Å². The fourth-order valence-electron chi connectivity index (χ4n) is 4.14. The first-order chi connectivity index (χ1) is 24.8. The highest BCUT2D eigenvalue weighted by atomic mass is 32.2. The third-order valence-corrected chi connectivity index (χ3v) is 7.46. The monoisotopic (exact) mass is 799 g/mol. The maximum absolute atomic E-state index is 13.5. The largest absolute Gasteiger partial charge is 0.481 e. The zero-order valence-electron chi connectivity index (χ0n) is 31.0.